The molecule has 0 aliphatic rings. The van der Waals surface area contributed by atoms with Gasteiger partial charge in [-0.15, -0.1) is 0 Å². The maximum Gasteiger partial charge on any atom is 0.192 e. The molecule has 0 amide bonds. The number of hydrogen-bond acceptors (Lipinski definition) is 4. The highest BCUT2D eigenvalue weighted by Gasteiger charge is 2.20. The highest BCUT2D eigenvalue weighted by molar-refractivity contribution is 5.73. The predicted octanol–water partition coefficient (Wildman–Crippen LogP) is 2.64. The van der Waals surface area contributed by atoms with Crippen molar-refractivity contribution in [3.63, 3.8) is 0 Å². The molecule has 0 saturated heterocycles. The van der Waals surface area contributed by atoms with Crippen LogP contribution in [0, 0.1) is 12.8 Å². The van der Waals surface area contributed by atoms with Gasteiger partial charge in [-0.3, -0.25) is 0 Å². The van der Waals surface area contributed by atoms with Gasteiger partial charge < -0.3 is 15.1 Å². The van der Waals surface area contributed by atoms with Crippen LogP contribution in [0.3, 0.4) is 0 Å². The Morgan fingerprint density at radius 3 is 2.74 bits per heavy atom. The second kappa shape index (κ2) is 6.17. The zero-order valence-electron chi connectivity index (χ0n) is 12.2. The maximum atomic E-state index is 5.53. The summed E-state index contributed by atoms with van der Waals surface area (Å²) >= 11 is 0. The number of rotatable bonds is 6. The molecule has 1 heterocycles. The van der Waals surface area contributed by atoms with Crippen molar-refractivity contribution < 1.29 is 4.42 Å². The van der Waals surface area contributed by atoms with Crippen LogP contribution in [-0.4, -0.2) is 25.6 Å². The number of nitrogens with zero attached hydrogens (tertiary/aromatic N) is 1. The normalized spacial score (nSPS) is 14.7. The summed E-state index contributed by atoms with van der Waals surface area (Å²) in [6.07, 6.45) is 1.13. The van der Waals surface area contributed by atoms with E-state index >= 15 is 0 Å². The third-order valence-electron chi connectivity index (χ3n) is 3.65. The molecule has 0 spiro atoms. The Morgan fingerprint density at radius 2 is 2.11 bits per heavy atom. The number of nitrogens with one attached hydrogen (secondary N) is 2. The SMILES string of the molecule is CCC(CNC)C(NC)c1ccc2oc(C)nc2c1. The van der Waals surface area contributed by atoms with Crippen molar-refractivity contribution in [2.45, 2.75) is 26.3 Å². The van der Waals surface area contributed by atoms with E-state index in [9.17, 15) is 0 Å². The molecule has 2 unspecified atom stereocenters. The highest BCUT2D eigenvalue weighted by Crippen LogP contribution is 2.27. The second-order valence-corrected chi connectivity index (χ2v) is 4.95. The van der Waals surface area contributed by atoms with Crippen molar-refractivity contribution in [1.82, 2.24) is 15.6 Å². The molecule has 1 aromatic carbocycles. The molecule has 4 nitrogen and oxygen atoms in total. The molecule has 19 heavy (non-hydrogen) atoms. The second-order valence-electron chi connectivity index (χ2n) is 4.95. The molecule has 0 saturated carbocycles. The van der Waals surface area contributed by atoms with Gasteiger partial charge in [0, 0.05) is 13.0 Å². The summed E-state index contributed by atoms with van der Waals surface area (Å²) in [4.78, 5) is 4.41. The van der Waals surface area contributed by atoms with E-state index in [1.165, 1.54) is 5.56 Å². The summed E-state index contributed by atoms with van der Waals surface area (Å²) in [5.41, 5.74) is 3.07. The molecule has 0 bridgehead atoms. The lowest BCUT2D eigenvalue weighted by atomic mass is 9.90. The van der Waals surface area contributed by atoms with Gasteiger partial charge in [0.15, 0.2) is 11.5 Å². The highest BCUT2D eigenvalue weighted by atomic mass is 16.3. The molecule has 4 heteroatoms. The predicted molar refractivity (Wildman–Crippen MR) is 78.3 cm³/mol. The van der Waals surface area contributed by atoms with E-state index in [0.717, 1.165) is 30.0 Å². The third kappa shape index (κ3) is 2.96. The average molecular weight is 261 g/mol. The molecule has 2 rings (SSSR count). The standard InChI is InChI=1S/C15H23N3O/c1-5-11(9-16-3)15(17-4)12-6-7-14-13(8-12)18-10(2)19-14/h6-8,11,15-17H,5,9H2,1-4H3. The van der Waals surface area contributed by atoms with E-state index in [0.29, 0.717) is 12.0 Å². The summed E-state index contributed by atoms with van der Waals surface area (Å²) in [6, 6.07) is 6.61. The Balaban J connectivity index is 2.33. The van der Waals surface area contributed by atoms with Crippen molar-refractivity contribution in [2.24, 2.45) is 5.92 Å². The number of oxazole rings is 1. The van der Waals surface area contributed by atoms with Crippen LogP contribution in [0.1, 0.15) is 30.8 Å². The molecule has 2 atom stereocenters. The van der Waals surface area contributed by atoms with Crippen LogP contribution < -0.4 is 10.6 Å². The summed E-state index contributed by atoms with van der Waals surface area (Å²) in [7, 11) is 4.01. The van der Waals surface area contributed by atoms with Crippen LogP contribution >= 0.6 is 0 Å². The Kier molecular flexibility index (Phi) is 4.56. The Morgan fingerprint density at radius 1 is 1.32 bits per heavy atom. The first kappa shape index (κ1) is 14.0. The molecular weight excluding hydrogens is 238 g/mol. The lowest BCUT2D eigenvalue weighted by Crippen LogP contribution is -2.31. The molecule has 2 aromatic rings. The van der Waals surface area contributed by atoms with E-state index < -0.39 is 0 Å². The topological polar surface area (TPSA) is 50.1 Å². The van der Waals surface area contributed by atoms with Gasteiger partial charge >= 0.3 is 0 Å². The summed E-state index contributed by atoms with van der Waals surface area (Å²) < 4.78 is 5.53. The van der Waals surface area contributed by atoms with Crippen molar-refractivity contribution in [1.29, 1.82) is 0 Å². The van der Waals surface area contributed by atoms with Crippen molar-refractivity contribution in [3.8, 4) is 0 Å². The fourth-order valence-electron chi connectivity index (χ4n) is 2.69. The maximum absolute atomic E-state index is 5.53. The lowest BCUT2D eigenvalue weighted by Gasteiger charge is -2.26. The fourth-order valence-corrected chi connectivity index (χ4v) is 2.69. The zero-order chi connectivity index (χ0) is 13.8. The van der Waals surface area contributed by atoms with Crippen LogP contribution in [0.4, 0.5) is 0 Å². The molecule has 2 N–H and O–H groups in total. The quantitative estimate of drug-likeness (QED) is 0.839. The molecule has 0 radical (unpaired) electrons. The van der Waals surface area contributed by atoms with Gasteiger partial charge in [-0.2, -0.15) is 0 Å². The molecule has 1 aromatic heterocycles. The fraction of sp³-hybridized carbons (Fsp3) is 0.533. The van der Waals surface area contributed by atoms with Crippen molar-refractivity contribution in [2.75, 3.05) is 20.6 Å². The summed E-state index contributed by atoms with van der Waals surface area (Å²) in [5, 5.41) is 6.70. The molecule has 104 valence electrons. The van der Waals surface area contributed by atoms with Gasteiger partial charge in [-0.25, -0.2) is 4.98 Å². The number of hydrogen-bond donors (Lipinski definition) is 2. The minimum atomic E-state index is 0.332. The van der Waals surface area contributed by atoms with Gasteiger partial charge in [0.2, 0.25) is 0 Å². The van der Waals surface area contributed by atoms with Gasteiger partial charge in [0.05, 0.1) is 0 Å². The smallest absolute Gasteiger partial charge is 0.192 e. The molecule has 0 aliphatic carbocycles. The van der Waals surface area contributed by atoms with Crippen LogP contribution in [-0.2, 0) is 0 Å². The first-order valence-electron chi connectivity index (χ1n) is 6.88. The Hall–Kier alpha value is -1.39. The molecule has 0 aliphatic heterocycles. The van der Waals surface area contributed by atoms with Crippen LogP contribution in [0.25, 0.3) is 11.1 Å². The molecular formula is C15H23N3O. The van der Waals surface area contributed by atoms with Crippen molar-refractivity contribution in [3.05, 3.63) is 29.7 Å². The lowest BCUT2D eigenvalue weighted by molar-refractivity contribution is 0.360. The van der Waals surface area contributed by atoms with Gasteiger partial charge in [0.1, 0.15) is 5.52 Å². The number of aromatic nitrogens is 1. The van der Waals surface area contributed by atoms with E-state index in [4.69, 9.17) is 4.42 Å². The van der Waals surface area contributed by atoms with Crippen LogP contribution in [0.15, 0.2) is 22.6 Å². The Labute approximate surface area is 114 Å². The van der Waals surface area contributed by atoms with E-state index in [1.54, 1.807) is 0 Å². The first-order chi connectivity index (χ1) is 9.19. The monoisotopic (exact) mass is 261 g/mol. The van der Waals surface area contributed by atoms with Crippen LogP contribution in [0.5, 0.6) is 0 Å². The van der Waals surface area contributed by atoms with E-state index in [1.807, 2.05) is 27.1 Å². The van der Waals surface area contributed by atoms with Crippen LogP contribution in [0.2, 0.25) is 0 Å². The number of fused-ring (bicyclic) bond motifs is 1. The summed E-state index contributed by atoms with van der Waals surface area (Å²) in [6.45, 7) is 5.11. The van der Waals surface area contributed by atoms with E-state index in [2.05, 4.69) is 34.7 Å². The minimum Gasteiger partial charge on any atom is -0.441 e. The third-order valence-corrected chi connectivity index (χ3v) is 3.65. The largest absolute Gasteiger partial charge is 0.441 e. The summed E-state index contributed by atoms with van der Waals surface area (Å²) in [5.74, 6) is 1.27. The number of benzene rings is 1. The average Bonchev–Trinajstić information content (AvgIpc) is 2.77. The van der Waals surface area contributed by atoms with E-state index in [-0.39, 0.29) is 0 Å². The van der Waals surface area contributed by atoms with Gasteiger partial charge in [0.25, 0.3) is 0 Å². The Bertz CT molecular complexity index is 535. The van der Waals surface area contributed by atoms with Gasteiger partial charge in [-0.05, 0) is 44.3 Å². The molecule has 0 fully saturated rings. The minimum absolute atomic E-state index is 0.332. The van der Waals surface area contributed by atoms with Crippen molar-refractivity contribution >= 4 is 11.1 Å². The number of aryl methyl sites for hydroxylation is 1. The zero-order valence-corrected chi connectivity index (χ0v) is 12.2. The van der Waals surface area contributed by atoms with Gasteiger partial charge in [-0.1, -0.05) is 19.4 Å². The first-order valence-corrected chi connectivity index (χ1v) is 6.88.